The molecule has 0 aliphatic rings. The number of benzene rings is 2. The first-order valence-electron chi connectivity index (χ1n) is 8.33. The fourth-order valence-corrected chi connectivity index (χ4v) is 3.30. The highest BCUT2D eigenvalue weighted by atomic mass is 32.2. The largest absolute Gasteiger partial charge is 0.363 e. The summed E-state index contributed by atoms with van der Waals surface area (Å²) in [6.45, 7) is 0. The molecular weight excluding hydrogens is 360 g/mol. The molecule has 0 fully saturated rings. The van der Waals surface area contributed by atoms with E-state index in [9.17, 15) is 4.79 Å². The first kappa shape index (κ1) is 17.1. The Morgan fingerprint density at radius 2 is 1.70 bits per heavy atom. The summed E-state index contributed by atoms with van der Waals surface area (Å²) in [6, 6.07) is 21.6. The van der Waals surface area contributed by atoms with Crippen LogP contribution in [0.25, 0.3) is 22.5 Å². The molecule has 0 saturated heterocycles. The number of amides is 1. The van der Waals surface area contributed by atoms with Gasteiger partial charge in [-0.2, -0.15) is 0 Å². The van der Waals surface area contributed by atoms with Gasteiger partial charge in [0, 0.05) is 17.2 Å². The van der Waals surface area contributed by atoms with E-state index in [0.717, 1.165) is 22.5 Å². The van der Waals surface area contributed by atoms with Gasteiger partial charge in [-0.1, -0.05) is 77.6 Å². The molecule has 4 rings (SSSR count). The number of rotatable bonds is 6. The number of aromatic amines is 1. The summed E-state index contributed by atoms with van der Waals surface area (Å²) in [5.41, 5.74) is 3.86. The van der Waals surface area contributed by atoms with Crippen molar-refractivity contribution in [2.75, 3.05) is 11.1 Å². The second-order valence-electron chi connectivity index (χ2n) is 5.72. The van der Waals surface area contributed by atoms with Crippen LogP contribution in [0.15, 0.2) is 82.7 Å². The molecule has 7 heteroatoms. The van der Waals surface area contributed by atoms with E-state index in [-0.39, 0.29) is 11.7 Å². The molecule has 2 N–H and O–H groups in total. The van der Waals surface area contributed by atoms with Crippen LogP contribution < -0.4 is 5.32 Å². The van der Waals surface area contributed by atoms with Gasteiger partial charge in [-0.15, -0.1) is 0 Å². The van der Waals surface area contributed by atoms with Crippen LogP contribution in [0.5, 0.6) is 0 Å². The zero-order valence-corrected chi connectivity index (χ0v) is 15.1. The molecule has 0 atom stereocenters. The second kappa shape index (κ2) is 7.92. The van der Waals surface area contributed by atoms with Crippen LogP contribution >= 0.6 is 11.8 Å². The number of H-pyrrole nitrogens is 1. The third-order valence-electron chi connectivity index (χ3n) is 3.84. The maximum atomic E-state index is 12.1. The minimum Gasteiger partial charge on any atom is -0.363 e. The molecule has 0 saturated carbocycles. The molecule has 2 aromatic carbocycles. The van der Waals surface area contributed by atoms with Crippen LogP contribution in [0.1, 0.15) is 0 Å². The first-order valence-corrected chi connectivity index (χ1v) is 9.32. The maximum Gasteiger partial charge on any atom is 0.236 e. The van der Waals surface area contributed by atoms with Gasteiger partial charge in [0.15, 0.2) is 11.0 Å². The fourth-order valence-electron chi connectivity index (χ4n) is 2.63. The van der Waals surface area contributed by atoms with Crippen LogP contribution in [0.4, 0.5) is 5.82 Å². The molecule has 0 unspecified atom stereocenters. The summed E-state index contributed by atoms with van der Waals surface area (Å²) in [7, 11) is 0. The number of anilines is 1. The molecule has 0 spiro atoms. The number of imidazole rings is 1. The van der Waals surface area contributed by atoms with Gasteiger partial charge < -0.3 is 14.8 Å². The Hall–Kier alpha value is -3.32. The summed E-state index contributed by atoms with van der Waals surface area (Å²) in [5.74, 6) is 0.436. The Balaban J connectivity index is 1.57. The second-order valence-corrected chi connectivity index (χ2v) is 6.68. The number of hydrogen-bond donors (Lipinski definition) is 2. The average molecular weight is 376 g/mol. The number of aromatic nitrogens is 3. The predicted octanol–water partition coefficient (Wildman–Crippen LogP) is 4.46. The summed E-state index contributed by atoms with van der Waals surface area (Å²) >= 11 is 1.34. The van der Waals surface area contributed by atoms with Gasteiger partial charge in [0.25, 0.3) is 0 Å². The number of carbonyl (C=O) groups excluding carboxylic acids is 1. The zero-order valence-electron chi connectivity index (χ0n) is 14.3. The molecule has 0 aliphatic carbocycles. The number of hydrogen-bond acceptors (Lipinski definition) is 5. The SMILES string of the molecule is O=C(CSc1nc(-c2ccccc2)c(-c2ccccc2)[nH]1)Nc1ccon1. The third kappa shape index (κ3) is 4.09. The molecule has 0 radical (unpaired) electrons. The maximum absolute atomic E-state index is 12.1. The number of carbonyl (C=O) groups is 1. The highest BCUT2D eigenvalue weighted by molar-refractivity contribution is 7.99. The highest BCUT2D eigenvalue weighted by Gasteiger charge is 2.15. The van der Waals surface area contributed by atoms with E-state index in [1.807, 2.05) is 60.7 Å². The van der Waals surface area contributed by atoms with E-state index in [2.05, 4.69) is 15.5 Å². The molecule has 0 bridgehead atoms. The first-order chi connectivity index (χ1) is 13.3. The molecule has 6 nitrogen and oxygen atoms in total. The van der Waals surface area contributed by atoms with Crippen LogP contribution in [0.3, 0.4) is 0 Å². The van der Waals surface area contributed by atoms with E-state index >= 15 is 0 Å². The summed E-state index contributed by atoms with van der Waals surface area (Å²) < 4.78 is 4.71. The quantitative estimate of drug-likeness (QED) is 0.485. The molecule has 0 aliphatic heterocycles. The molecule has 4 aromatic rings. The highest BCUT2D eigenvalue weighted by Crippen LogP contribution is 2.32. The number of nitrogens with zero attached hydrogens (tertiary/aromatic N) is 2. The van der Waals surface area contributed by atoms with Crippen molar-refractivity contribution in [3.63, 3.8) is 0 Å². The lowest BCUT2D eigenvalue weighted by Gasteiger charge is -2.02. The van der Waals surface area contributed by atoms with Crippen molar-refractivity contribution < 1.29 is 9.32 Å². The van der Waals surface area contributed by atoms with Crippen molar-refractivity contribution in [2.24, 2.45) is 0 Å². The zero-order chi connectivity index (χ0) is 18.5. The van der Waals surface area contributed by atoms with Crippen molar-refractivity contribution >= 4 is 23.5 Å². The van der Waals surface area contributed by atoms with Gasteiger partial charge in [-0.3, -0.25) is 4.79 Å². The molecular formula is C20H16N4O2S. The number of nitrogens with one attached hydrogen (secondary N) is 2. The molecule has 134 valence electrons. The van der Waals surface area contributed by atoms with Crippen molar-refractivity contribution in [2.45, 2.75) is 5.16 Å². The predicted molar refractivity (Wildman–Crippen MR) is 105 cm³/mol. The van der Waals surface area contributed by atoms with E-state index in [0.29, 0.717) is 11.0 Å². The van der Waals surface area contributed by atoms with Gasteiger partial charge in [0.2, 0.25) is 5.91 Å². The van der Waals surface area contributed by atoms with Crippen molar-refractivity contribution in [3.8, 4) is 22.5 Å². The minimum absolute atomic E-state index is 0.173. The lowest BCUT2D eigenvalue weighted by Crippen LogP contribution is -2.14. The Morgan fingerprint density at radius 1 is 1.00 bits per heavy atom. The van der Waals surface area contributed by atoms with Crippen molar-refractivity contribution in [3.05, 3.63) is 73.0 Å². The van der Waals surface area contributed by atoms with Gasteiger partial charge >= 0.3 is 0 Å². The lowest BCUT2D eigenvalue weighted by molar-refractivity contribution is -0.113. The normalized spacial score (nSPS) is 10.7. The fraction of sp³-hybridized carbons (Fsp3) is 0.0500. The Bertz CT molecular complexity index is 958. The Morgan fingerprint density at radius 3 is 2.37 bits per heavy atom. The standard InChI is InChI=1S/C20H16N4O2S/c25-17(21-16-11-12-26-24-16)13-27-20-22-18(14-7-3-1-4-8-14)19(23-20)15-9-5-2-6-10-15/h1-12H,13H2,(H,22,23)(H,21,24,25). The molecule has 2 heterocycles. The van der Waals surface area contributed by atoms with E-state index in [4.69, 9.17) is 9.51 Å². The minimum atomic E-state index is -0.173. The van der Waals surface area contributed by atoms with Crippen LogP contribution in [-0.2, 0) is 4.79 Å². The van der Waals surface area contributed by atoms with E-state index in [1.54, 1.807) is 6.07 Å². The average Bonchev–Trinajstić information content (AvgIpc) is 3.38. The van der Waals surface area contributed by atoms with Gasteiger partial charge in [-0.25, -0.2) is 4.98 Å². The lowest BCUT2D eigenvalue weighted by atomic mass is 10.1. The Kier molecular flexibility index (Phi) is 5.02. The van der Waals surface area contributed by atoms with Gasteiger partial charge in [0.05, 0.1) is 17.1 Å². The van der Waals surface area contributed by atoms with Crippen molar-refractivity contribution in [1.29, 1.82) is 0 Å². The monoisotopic (exact) mass is 376 g/mol. The smallest absolute Gasteiger partial charge is 0.236 e. The molecule has 27 heavy (non-hydrogen) atoms. The third-order valence-corrected chi connectivity index (χ3v) is 4.71. The van der Waals surface area contributed by atoms with Gasteiger partial charge in [-0.05, 0) is 0 Å². The van der Waals surface area contributed by atoms with E-state index < -0.39 is 0 Å². The summed E-state index contributed by atoms with van der Waals surface area (Å²) in [4.78, 5) is 20.1. The number of thioether (sulfide) groups is 1. The van der Waals surface area contributed by atoms with Crippen molar-refractivity contribution in [1.82, 2.24) is 15.1 Å². The van der Waals surface area contributed by atoms with Crippen LogP contribution in [-0.4, -0.2) is 26.8 Å². The van der Waals surface area contributed by atoms with Crippen LogP contribution in [0.2, 0.25) is 0 Å². The molecule has 2 aromatic heterocycles. The van der Waals surface area contributed by atoms with Crippen LogP contribution in [0, 0.1) is 0 Å². The topological polar surface area (TPSA) is 83.8 Å². The summed E-state index contributed by atoms with van der Waals surface area (Å²) in [5, 5.41) is 7.02. The summed E-state index contributed by atoms with van der Waals surface area (Å²) in [6.07, 6.45) is 1.41. The Labute approximate surface area is 160 Å². The van der Waals surface area contributed by atoms with Gasteiger partial charge in [0.1, 0.15) is 6.26 Å². The van der Waals surface area contributed by atoms with E-state index in [1.165, 1.54) is 18.0 Å². The molecule has 1 amide bonds.